The minimum atomic E-state index is 0. The van der Waals surface area contributed by atoms with Crippen LogP contribution in [-0.2, 0) is 23.7 Å². The van der Waals surface area contributed by atoms with Crippen molar-refractivity contribution in [1.82, 2.24) is 0 Å². The molecule has 0 aliphatic carbocycles. The Labute approximate surface area is 53.9 Å². The average Bonchev–Trinajstić information content (AvgIpc) is 1.00. The monoisotopic (exact) mass is 106 g/mol. The van der Waals surface area contributed by atoms with Gasteiger partial charge in [0.1, 0.15) is 0 Å². The molecule has 0 aromatic carbocycles. The van der Waals surface area contributed by atoms with Crippen LogP contribution in [0.3, 0.4) is 0 Å². The van der Waals surface area contributed by atoms with Crippen molar-refractivity contribution in [3.8, 4) is 0 Å². The van der Waals surface area contributed by atoms with E-state index in [4.69, 9.17) is 3.32 Å². The molecule has 0 aromatic rings. The summed E-state index contributed by atoms with van der Waals surface area (Å²) in [5.74, 6) is 0. The summed E-state index contributed by atoms with van der Waals surface area (Å²) in [6.45, 7) is 0. The van der Waals surface area contributed by atoms with Gasteiger partial charge in [0.05, 0.1) is 0 Å². The second-order valence-corrected chi connectivity index (χ2v) is 0. The topological polar surface area (TPSA) is 17.1 Å². The Morgan fingerprint density at radius 3 is 1.50 bits per heavy atom. The van der Waals surface area contributed by atoms with Gasteiger partial charge in [0.25, 0.3) is 0 Å². The fraction of sp³-hybridized carbons (Fsp3) is 0. The summed E-state index contributed by atoms with van der Waals surface area (Å²) >= 11 is 0.750. The summed E-state index contributed by atoms with van der Waals surface area (Å²) in [6, 6.07) is 0. The summed E-state index contributed by atoms with van der Waals surface area (Å²) in [4.78, 5) is 0. The van der Waals surface area contributed by atoms with Crippen molar-refractivity contribution in [2.75, 3.05) is 0 Å². The zero-order chi connectivity index (χ0) is 2.00. The first-order valence-corrected chi connectivity index (χ1v) is 0.842. The van der Waals surface area contributed by atoms with Crippen LogP contribution in [0.4, 0.5) is 0 Å². The maximum atomic E-state index is 8.25. The molecule has 4 heteroatoms. The third kappa shape index (κ3) is 9.63. The Bertz CT molecular complexity index is 11.6. The Morgan fingerprint density at radius 1 is 1.50 bits per heavy atom. The second kappa shape index (κ2) is 24.0. The van der Waals surface area contributed by atoms with Crippen molar-refractivity contribution >= 4 is 9.90 Å². The average molecular weight is 106 g/mol. The zero-order valence-electron chi connectivity index (χ0n) is 3.62. The van der Waals surface area contributed by atoms with E-state index < -0.39 is 0 Å². The molecule has 0 amide bonds. The normalized spacial score (nSPS) is 0.750. The Morgan fingerprint density at radius 2 is 1.50 bits per heavy atom. The van der Waals surface area contributed by atoms with Crippen molar-refractivity contribution in [2.24, 2.45) is 0 Å². The van der Waals surface area contributed by atoms with Crippen LogP contribution in [-0.4, -0.2) is 0 Å². The van der Waals surface area contributed by atoms with E-state index in [1.807, 2.05) is 0 Å². The molecule has 0 aliphatic rings. The van der Waals surface area contributed by atoms with Crippen molar-refractivity contribution in [3.63, 3.8) is 0 Å². The Balaban J connectivity index is -0.00000000167. The quantitative estimate of drug-likeness (QED) is 0.238. The van der Waals surface area contributed by atoms with E-state index in [1.54, 1.807) is 0 Å². The fourth-order valence-corrected chi connectivity index (χ4v) is 0. The molecule has 0 aromatic heterocycles. The third-order valence-electron chi connectivity index (χ3n) is 0. The predicted octanol–water partition coefficient (Wildman–Crippen LogP) is -2.95. The van der Waals surface area contributed by atoms with Gasteiger partial charge in [-0.05, 0) is 0 Å². The van der Waals surface area contributed by atoms with Crippen LogP contribution >= 0.6 is 9.90 Å². The summed E-state index contributed by atoms with van der Waals surface area (Å²) in [7, 11) is 0. The van der Waals surface area contributed by atoms with Crippen LogP contribution in [0.5, 0.6) is 0 Å². The van der Waals surface area contributed by atoms with Gasteiger partial charge in [-0.25, -0.2) is 0 Å². The molecular weight excluding hydrogens is 102 g/mol. The molecule has 0 bridgehead atoms. The third-order valence-corrected chi connectivity index (χ3v) is 0. The second-order valence-electron chi connectivity index (χ2n) is 0. The molecule has 0 fully saturated rings. The van der Waals surface area contributed by atoms with Gasteiger partial charge in [-0.1, -0.05) is 0 Å². The van der Waals surface area contributed by atoms with Crippen molar-refractivity contribution < 1.29 is 44.0 Å². The van der Waals surface area contributed by atoms with Crippen LogP contribution < -0.4 is 18.9 Å². The minimum absolute atomic E-state index is 0. The summed E-state index contributed by atoms with van der Waals surface area (Å²) in [5, 5.41) is 0. The molecule has 1 unspecified atom stereocenters. The molecule has 0 saturated heterocycles. The van der Waals surface area contributed by atoms with E-state index in [0.717, 1.165) is 20.4 Å². The van der Waals surface area contributed by atoms with Crippen molar-refractivity contribution in [2.45, 2.75) is 0 Å². The Hall–Kier alpha value is 1.54. The zero-order valence-corrected chi connectivity index (χ0v) is 5.59. The van der Waals surface area contributed by atoms with E-state index >= 15 is 0 Å². The molecule has 1 nitrogen and oxygen atoms in total. The molecule has 0 spiro atoms. The van der Waals surface area contributed by atoms with Crippen molar-refractivity contribution in [1.29, 1.82) is 0 Å². The first-order valence-electron chi connectivity index (χ1n) is 0.204. The molecule has 0 rings (SSSR count). The van der Waals surface area contributed by atoms with Crippen molar-refractivity contribution in [3.05, 3.63) is 0 Å². The van der Waals surface area contributed by atoms with E-state index in [0.29, 0.717) is 0 Å². The summed E-state index contributed by atoms with van der Waals surface area (Å²) in [6.07, 6.45) is 0. The molecule has 20 valence electrons. The van der Waals surface area contributed by atoms with Crippen LogP contribution in [0.2, 0.25) is 0 Å². The Kier molecular flexibility index (Phi) is 106. The van der Waals surface area contributed by atoms with Gasteiger partial charge in [-0.2, -0.15) is 9.90 Å². The van der Waals surface area contributed by atoms with Crippen LogP contribution in [0, 0.1) is 0 Å². The maximum absolute atomic E-state index is 8.25. The molecule has 0 heterocycles. The number of hydrogen-bond acceptors (Lipinski definition) is 1. The van der Waals surface area contributed by atoms with E-state index in [1.165, 1.54) is 0 Å². The van der Waals surface area contributed by atoms with Gasteiger partial charge in [0.15, 0.2) is 0 Å². The molecule has 1 atom stereocenters. The summed E-state index contributed by atoms with van der Waals surface area (Å²) in [5.41, 5.74) is 0. The summed E-state index contributed by atoms with van der Waals surface area (Å²) < 4.78 is 8.25. The molecule has 0 N–H and O–H groups in total. The van der Waals surface area contributed by atoms with Gasteiger partial charge in [0, 0.05) is 0 Å². The standard InChI is InChI=1S/Li.O.H3P.Ti.H/h;;1H3;;/q+1;;;;-1. The van der Waals surface area contributed by atoms with E-state index in [-0.39, 0.29) is 30.2 Å². The SMILES string of the molecule is P.[H-].[Li+].[O]=[Ti]. The molecule has 4 heavy (non-hydrogen) atoms. The first kappa shape index (κ1) is 17.7. The van der Waals surface area contributed by atoms with Crippen LogP contribution in [0.25, 0.3) is 0 Å². The van der Waals surface area contributed by atoms with Gasteiger partial charge < -0.3 is 1.43 Å². The molecule has 0 aliphatic heterocycles. The predicted molar refractivity (Wildman–Crippen MR) is 12.9 cm³/mol. The molecule has 0 radical (unpaired) electrons. The fourth-order valence-electron chi connectivity index (χ4n) is 0. The molecule has 0 saturated carbocycles. The number of rotatable bonds is 0. The van der Waals surface area contributed by atoms with Crippen LogP contribution in [0.1, 0.15) is 1.43 Å². The first-order chi connectivity index (χ1) is 1.00. The van der Waals surface area contributed by atoms with Gasteiger partial charge in [0.2, 0.25) is 0 Å². The van der Waals surface area contributed by atoms with E-state index in [9.17, 15) is 0 Å². The molecular formula is H4LiOPTi. The van der Waals surface area contributed by atoms with Gasteiger partial charge in [-0.15, -0.1) is 0 Å². The number of hydrogen-bond donors (Lipinski definition) is 0. The van der Waals surface area contributed by atoms with Gasteiger partial charge >= 0.3 is 42.6 Å². The van der Waals surface area contributed by atoms with E-state index in [2.05, 4.69) is 0 Å². The van der Waals surface area contributed by atoms with Crippen LogP contribution in [0.15, 0.2) is 0 Å². The van der Waals surface area contributed by atoms with Gasteiger partial charge in [-0.3, -0.25) is 0 Å².